The summed E-state index contributed by atoms with van der Waals surface area (Å²) in [5.74, 6) is -0.0351. The van der Waals surface area contributed by atoms with Crippen LogP contribution in [0.4, 0.5) is 5.69 Å². The Morgan fingerprint density at radius 2 is 2.26 bits per heavy atom. The van der Waals surface area contributed by atoms with Crippen LogP contribution in [0.2, 0.25) is 0 Å². The number of hydrogen-bond donors (Lipinski definition) is 3. The lowest BCUT2D eigenvalue weighted by Gasteiger charge is -2.08. The van der Waals surface area contributed by atoms with Gasteiger partial charge in [0.1, 0.15) is 0 Å². The molecular formula is C14H18N4O. The zero-order chi connectivity index (χ0) is 13.5. The second-order valence-electron chi connectivity index (χ2n) is 4.27. The molecule has 5 nitrogen and oxygen atoms in total. The van der Waals surface area contributed by atoms with Crippen molar-refractivity contribution < 1.29 is 4.79 Å². The molecule has 1 amide bonds. The number of aromatic amines is 1. The molecule has 0 saturated carbocycles. The Kier molecular flexibility index (Phi) is 4.55. The van der Waals surface area contributed by atoms with Gasteiger partial charge in [0, 0.05) is 24.0 Å². The SMILES string of the molecule is CCCNC(=O)c1cccc(NCc2ccn[nH]2)c1. The van der Waals surface area contributed by atoms with Crippen LogP contribution in [-0.4, -0.2) is 22.6 Å². The molecule has 100 valence electrons. The number of rotatable bonds is 6. The van der Waals surface area contributed by atoms with Crippen molar-refractivity contribution in [2.24, 2.45) is 0 Å². The second-order valence-corrected chi connectivity index (χ2v) is 4.27. The fourth-order valence-electron chi connectivity index (χ4n) is 1.69. The first-order chi connectivity index (χ1) is 9.29. The van der Waals surface area contributed by atoms with Gasteiger partial charge in [-0.25, -0.2) is 0 Å². The summed E-state index contributed by atoms with van der Waals surface area (Å²) in [7, 11) is 0. The molecule has 5 heteroatoms. The minimum Gasteiger partial charge on any atom is -0.379 e. The third-order valence-corrected chi connectivity index (χ3v) is 2.70. The molecule has 0 spiro atoms. The molecule has 0 aliphatic carbocycles. The summed E-state index contributed by atoms with van der Waals surface area (Å²) in [5.41, 5.74) is 2.59. The van der Waals surface area contributed by atoms with Crippen LogP contribution < -0.4 is 10.6 Å². The van der Waals surface area contributed by atoms with Crippen LogP contribution in [0.3, 0.4) is 0 Å². The summed E-state index contributed by atoms with van der Waals surface area (Å²) in [6.07, 6.45) is 2.65. The van der Waals surface area contributed by atoms with Gasteiger partial charge in [0.25, 0.3) is 5.91 Å². The molecule has 0 atom stereocenters. The molecule has 1 aromatic carbocycles. The minimum absolute atomic E-state index is 0.0351. The van der Waals surface area contributed by atoms with Gasteiger partial charge in [-0.15, -0.1) is 0 Å². The van der Waals surface area contributed by atoms with Gasteiger partial charge in [0.15, 0.2) is 0 Å². The molecule has 0 unspecified atom stereocenters. The van der Waals surface area contributed by atoms with Gasteiger partial charge < -0.3 is 10.6 Å². The zero-order valence-electron chi connectivity index (χ0n) is 10.9. The lowest BCUT2D eigenvalue weighted by molar-refractivity contribution is 0.0953. The zero-order valence-corrected chi connectivity index (χ0v) is 10.9. The van der Waals surface area contributed by atoms with Crippen molar-refractivity contribution in [2.75, 3.05) is 11.9 Å². The summed E-state index contributed by atoms with van der Waals surface area (Å²) >= 11 is 0. The Balaban J connectivity index is 1.96. The van der Waals surface area contributed by atoms with E-state index >= 15 is 0 Å². The van der Waals surface area contributed by atoms with Gasteiger partial charge in [0.2, 0.25) is 0 Å². The first-order valence-electron chi connectivity index (χ1n) is 6.40. The summed E-state index contributed by atoms with van der Waals surface area (Å²) in [4.78, 5) is 11.8. The topological polar surface area (TPSA) is 69.8 Å². The van der Waals surface area contributed by atoms with Gasteiger partial charge in [-0.05, 0) is 30.7 Å². The van der Waals surface area contributed by atoms with E-state index in [-0.39, 0.29) is 5.91 Å². The van der Waals surface area contributed by atoms with Crippen molar-refractivity contribution in [1.82, 2.24) is 15.5 Å². The number of hydrogen-bond acceptors (Lipinski definition) is 3. The van der Waals surface area contributed by atoms with Gasteiger partial charge >= 0.3 is 0 Å². The van der Waals surface area contributed by atoms with Crippen LogP contribution in [0.25, 0.3) is 0 Å². The summed E-state index contributed by atoms with van der Waals surface area (Å²) in [6.45, 7) is 3.38. The quantitative estimate of drug-likeness (QED) is 0.743. The highest BCUT2D eigenvalue weighted by Crippen LogP contribution is 2.11. The monoisotopic (exact) mass is 258 g/mol. The van der Waals surface area contributed by atoms with E-state index in [0.29, 0.717) is 18.7 Å². The van der Waals surface area contributed by atoms with Crippen LogP contribution in [0.5, 0.6) is 0 Å². The molecule has 2 rings (SSSR count). The van der Waals surface area contributed by atoms with Crippen LogP contribution in [-0.2, 0) is 6.54 Å². The molecule has 0 aliphatic heterocycles. The Hall–Kier alpha value is -2.30. The van der Waals surface area contributed by atoms with Crippen LogP contribution in [0.1, 0.15) is 29.4 Å². The van der Waals surface area contributed by atoms with Crippen molar-refractivity contribution in [2.45, 2.75) is 19.9 Å². The first-order valence-corrected chi connectivity index (χ1v) is 6.40. The van der Waals surface area contributed by atoms with Crippen molar-refractivity contribution in [1.29, 1.82) is 0 Å². The number of nitrogens with one attached hydrogen (secondary N) is 3. The third-order valence-electron chi connectivity index (χ3n) is 2.70. The standard InChI is InChI=1S/C14H18N4O/c1-2-7-15-14(19)11-4-3-5-12(9-11)16-10-13-6-8-17-18-13/h3-6,8-9,16H,2,7,10H2,1H3,(H,15,19)(H,17,18). The van der Waals surface area contributed by atoms with E-state index in [1.807, 2.05) is 37.3 Å². The molecule has 2 aromatic rings. The lowest BCUT2D eigenvalue weighted by atomic mass is 10.2. The summed E-state index contributed by atoms with van der Waals surface area (Å²) < 4.78 is 0. The molecular weight excluding hydrogens is 240 g/mol. The fraction of sp³-hybridized carbons (Fsp3) is 0.286. The molecule has 1 heterocycles. The minimum atomic E-state index is -0.0351. The van der Waals surface area contributed by atoms with E-state index in [1.54, 1.807) is 6.20 Å². The predicted octanol–water partition coefficient (Wildman–Crippen LogP) is 2.16. The number of aromatic nitrogens is 2. The molecule has 3 N–H and O–H groups in total. The molecule has 0 radical (unpaired) electrons. The number of carbonyl (C=O) groups is 1. The van der Waals surface area contributed by atoms with E-state index in [1.165, 1.54) is 0 Å². The lowest BCUT2D eigenvalue weighted by Crippen LogP contribution is -2.23. The Morgan fingerprint density at radius 3 is 3.00 bits per heavy atom. The van der Waals surface area contributed by atoms with Crippen molar-refractivity contribution in [3.63, 3.8) is 0 Å². The average Bonchev–Trinajstić information content (AvgIpc) is 2.96. The number of nitrogens with zero attached hydrogens (tertiary/aromatic N) is 1. The van der Waals surface area contributed by atoms with Gasteiger partial charge in [-0.2, -0.15) is 5.10 Å². The third kappa shape index (κ3) is 3.84. The van der Waals surface area contributed by atoms with Gasteiger partial charge in [-0.1, -0.05) is 13.0 Å². The number of anilines is 1. The van der Waals surface area contributed by atoms with Crippen LogP contribution in [0, 0.1) is 0 Å². The van der Waals surface area contributed by atoms with Crippen molar-refractivity contribution in [3.05, 3.63) is 47.8 Å². The average molecular weight is 258 g/mol. The van der Waals surface area contributed by atoms with Crippen molar-refractivity contribution in [3.8, 4) is 0 Å². The highest BCUT2D eigenvalue weighted by atomic mass is 16.1. The normalized spacial score (nSPS) is 10.2. The smallest absolute Gasteiger partial charge is 0.251 e. The maximum Gasteiger partial charge on any atom is 0.251 e. The highest BCUT2D eigenvalue weighted by Gasteiger charge is 2.05. The number of benzene rings is 1. The summed E-state index contributed by atoms with van der Waals surface area (Å²) in [6, 6.07) is 9.38. The maximum atomic E-state index is 11.8. The highest BCUT2D eigenvalue weighted by molar-refractivity contribution is 5.95. The Bertz CT molecular complexity index is 522. The maximum absolute atomic E-state index is 11.8. The summed E-state index contributed by atoms with van der Waals surface area (Å²) in [5, 5.41) is 12.9. The second kappa shape index (κ2) is 6.58. The van der Waals surface area contributed by atoms with E-state index in [4.69, 9.17) is 0 Å². The molecule has 19 heavy (non-hydrogen) atoms. The largest absolute Gasteiger partial charge is 0.379 e. The van der Waals surface area contributed by atoms with E-state index < -0.39 is 0 Å². The van der Waals surface area contributed by atoms with Crippen LogP contribution in [0.15, 0.2) is 36.5 Å². The number of carbonyl (C=O) groups excluding carboxylic acids is 1. The molecule has 1 aromatic heterocycles. The molecule has 0 fully saturated rings. The number of amides is 1. The molecule has 0 bridgehead atoms. The van der Waals surface area contributed by atoms with E-state index in [0.717, 1.165) is 17.8 Å². The predicted molar refractivity (Wildman–Crippen MR) is 75.0 cm³/mol. The molecule has 0 saturated heterocycles. The van der Waals surface area contributed by atoms with E-state index in [2.05, 4.69) is 20.8 Å². The van der Waals surface area contributed by atoms with Gasteiger partial charge in [-0.3, -0.25) is 9.89 Å². The van der Waals surface area contributed by atoms with Crippen LogP contribution >= 0.6 is 0 Å². The van der Waals surface area contributed by atoms with E-state index in [9.17, 15) is 4.79 Å². The fourth-order valence-corrected chi connectivity index (χ4v) is 1.69. The Labute approximate surface area is 112 Å². The van der Waals surface area contributed by atoms with Gasteiger partial charge in [0.05, 0.1) is 12.2 Å². The Morgan fingerprint density at radius 1 is 1.37 bits per heavy atom. The number of H-pyrrole nitrogens is 1. The van der Waals surface area contributed by atoms with Crippen molar-refractivity contribution >= 4 is 11.6 Å². The first kappa shape index (κ1) is 13.1. The molecule has 0 aliphatic rings.